The Kier molecular flexibility index (Phi) is 8.00. The molecule has 0 saturated carbocycles. The van der Waals surface area contributed by atoms with E-state index >= 15 is 0 Å². The number of nitrogens with zero attached hydrogens (tertiary/aromatic N) is 2. The van der Waals surface area contributed by atoms with Crippen LogP contribution in [0.5, 0.6) is 0 Å². The first-order valence-corrected chi connectivity index (χ1v) is 21.6. The fourth-order valence-corrected chi connectivity index (χ4v) is 9.78. The zero-order chi connectivity index (χ0) is 41.4. The number of hydrogen-bond acceptors (Lipinski definition) is 3. The Morgan fingerprint density at radius 3 is 1.37 bits per heavy atom. The molecule has 0 N–H and O–H groups in total. The van der Waals surface area contributed by atoms with Gasteiger partial charge in [-0.2, -0.15) is 0 Å². The Balaban J connectivity index is 0.892. The highest BCUT2D eigenvalue weighted by atomic mass is 16.3. The van der Waals surface area contributed by atoms with Gasteiger partial charge in [0.05, 0.1) is 17.2 Å². The second-order valence-corrected chi connectivity index (χ2v) is 16.6. The lowest BCUT2D eigenvalue weighted by Gasteiger charge is -2.13. The van der Waals surface area contributed by atoms with Gasteiger partial charge in [0.25, 0.3) is 0 Å². The lowest BCUT2D eigenvalue weighted by molar-refractivity contribution is 0.667. The minimum absolute atomic E-state index is 0.806. The molecule has 0 spiro atoms. The van der Waals surface area contributed by atoms with Crippen molar-refractivity contribution in [3.63, 3.8) is 0 Å². The van der Waals surface area contributed by atoms with Crippen LogP contribution in [0.15, 0.2) is 215 Å². The van der Waals surface area contributed by atoms with Crippen molar-refractivity contribution in [3.8, 4) is 55.6 Å². The summed E-state index contributed by atoms with van der Waals surface area (Å²) in [6, 6.07) is 63.9. The Morgan fingerprint density at radius 1 is 0.365 bits per heavy atom. The number of fused-ring (bicyclic) bond motifs is 9. The summed E-state index contributed by atoms with van der Waals surface area (Å²) in [5, 5.41) is 6.94. The van der Waals surface area contributed by atoms with E-state index in [9.17, 15) is 0 Å². The van der Waals surface area contributed by atoms with Crippen molar-refractivity contribution in [1.82, 2.24) is 9.55 Å². The fraction of sp³-hybridized carbons (Fsp3) is 0.0339. The maximum atomic E-state index is 6.14. The smallest absolute Gasteiger partial charge is 0.153 e. The molecule has 1 aliphatic rings. The highest BCUT2D eigenvalue weighted by Crippen LogP contribution is 2.40. The third-order valence-electron chi connectivity index (χ3n) is 12.9. The van der Waals surface area contributed by atoms with Gasteiger partial charge in [-0.25, -0.2) is 0 Å². The molecule has 0 bridgehead atoms. The van der Waals surface area contributed by atoms with Crippen molar-refractivity contribution in [2.24, 2.45) is 0 Å². The van der Waals surface area contributed by atoms with Gasteiger partial charge in [0.2, 0.25) is 0 Å². The predicted octanol–water partition coefficient (Wildman–Crippen LogP) is 16.5. The molecule has 0 fully saturated rings. The van der Waals surface area contributed by atoms with Gasteiger partial charge in [-0.1, -0.05) is 109 Å². The number of allylic oxidation sites excluding steroid dienone is 4. The summed E-state index contributed by atoms with van der Waals surface area (Å²) in [4.78, 5) is 4.25. The molecule has 0 atom stereocenters. The highest BCUT2D eigenvalue weighted by molar-refractivity contribution is 6.13. The Labute approximate surface area is 363 Å². The lowest BCUT2D eigenvalue weighted by Crippen LogP contribution is -1.97. The van der Waals surface area contributed by atoms with Crippen LogP contribution >= 0.6 is 0 Å². The highest BCUT2D eigenvalue weighted by Gasteiger charge is 2.17. The van der Waals surface area contributed by atoms with Gasteiger partial charge in [-0.05, 0) is 153 Å². The van der Waals surface area contributed by atoms with Gasteiger partial charge in [-0.3, -0.25) is 4.98 Å². The van der Waals surface area contributed by atoms with Crippen LogP contribution in [0.2, 0.25) is 0 Å². The van der Waals surface area contributed by atoms with Crippen LogP contribution in [0.4, 0.5) is 0 Å². The van der Waals surface area contributed by atoms with Crippen LogP contribution in [0.25, 0.3) is 127 Å². The summed E-state index contributed by atoms with van der Waals surface area (Å²) in [5.74, 6) is 0. The van der Waals surface area contributed by atoms with Gasteiger partial charge in [-0.15, -0.1) is 0 Å². The van der Waals surface area contributed by atoms with Crippen molar-refractivity contribution in [1.29, 1.82) is 0 Å². The second-order valence-electron chi connectivity index (χ2n) is 16.6. The summed E-state index contributed by atoms with van der Waals surface area (Å²) in [5.41, 5.74) is 18.9. The fourth-order valence-electron chi connectivity index (χ4n) is 9.78. The molecule has 0 amide bonds. The molecule has 4 nitrogen and oxygen atoms in total. The molecular formula is C59H38N2O2. The molecule has 4 heterocycles. The van der Waals surface area contributed by atoms with Crippen molar-refractivity contribution in [3.05, 3.63) is 207 Å². The number of pyridine rings is 1. The van der Waals surface area contributed by atoms with E-state index in [-0.39, 0.29) is 0 Å². The number of para-hydroxylation sites is 1. The number of benzene rings is 8. The first kappa shape index (κ1) is 35.5. The summed E-state index contributed by atoms with van der Waals surface area (Å²) in [6.45, 7) is 0. The topological polar surface area (TPSA) is 44.1 Å². The molecule has 4 aromatic heterocycles. The molecule has 0 radical (unpaired) electrons. The summed E-state index contributed by atoms with van der Waals surface area (Å²) < 4.78 is 14.7. The molecule has 4 heteroatoms. The van der Waals surface area contributed by atoms with Crippen LogP contribution in [-0.4, -0.2) is 9.55 Å². The molecule has 12 aromatic rings. The Hall–Kier alpha value is -8.21. The molecule has 1 aliphatic carbocycles. The van der Waals surface area contributed by atoms with Gasteiger partial charge >= 0.3 is 0 Å². The number of hydrogen-bond donors (Lipinski definition) is 0. The minimum Gasteiger partial charge on any atom is -0.456 e. The van der Waals surface area contributed by atoms with E-state index in [1.54, 1.807) is 6.20 Å². The average molecular weight is 807 g/mol. The normalized spacial score (nSPS) is 13.0. The van der Waals surface area contributed by atoms with Crippen molar-refractivity contribution in [2.45, 2.75) is 12.8 Å². The van der Waals surface area contributed by atoms with Gasteiger partial charge in [0.1, 0.15) is 16.7 Å². The first-order chi connectivity index (χ1) is 31.2. The molecular weight excluding hydrogens is 769 g/mol. The number of rotatable bonds is 6. The van der Waals surface area contributed by atoms with Crippen LogP contribution in [0.1, 0.15) is 12.8 Å². The predicted molar refractivity (Wildman–Crippen MR) is 262 cm³/mol. The van der Waals surface area contributed by atoms with E-state index in [2.05, 4.69) is 186 Å². The third-order valence-corrected chi connectivity index (χ3v) is 12.9. The van der Waals surface area contributed by atoms with Crippen molar-refractivity contribution < 1.29 is 8.83 Å². The van der Waals surface area contributed by atoms with E-state index in [0.29, 0.717) is 0 Å². The molecule has 0 aliphatic heterocycles. The van der Waals surface area contributed by atoms with Gasteiger partial charge in [0, 0.05) is 44.2 Å². The van der Waals surface area contributed by atoms with E-state index < -0.39 is 0 Å². The van der Waals surface area contributed by atoms with Crippen LogP contribution in [-0.2, 0) is 0 Å². The second kappa shape index (κ2) is 14.2. The minimum atomic E-state index is 0.806. The number of aromatic nitrogens is 2. The lowest BCUT2D eigenvalue weighted by atomic mass is 9.95. The maximum Gasteiger partial charge on any atom is 0.153 e. The monoisotopic (exact) mass is 806 g/mol. The first-order valence-electron chi connectivity index (χ1n) is 21.6. The summed E-state index contributed by atoms with van der Waals surface area (Å²) in [7, 11) is 0. The molecule has 8 aromatic carbocycles. The third kappa shape index (κ3) is 5.94. The average Bonchev–Trinajstić information content (AvgIpc) is 4.03. The van der Waals surface area contributed by atoms with E-state index in [4.69, 9.17) is 8.83 Å². The van der Waals surface area contributed by atoms with E-state index in [1.807, 2.05) is 24.4 Å². The molecule has 0 unspecified atom stereocenters. The van der Waals surface area contributed by atoms with Crippen LogP contribution in [0.3, 0.4) is 0 Å². The standard InChI is InChI=1S/C59H38N2O2/c1-2-15-47(16-3-1)61-54-23-19-43(39-11-6-9-37(29-39)38-10-7-13-41(30-38)46-22-26-58-53(35-46)49-27-28-60-36-59(49)63-58)32-50(54)51-33-44(20-24-55(51)61)40-12-8-14-42(31-40)45-21-25-57-52(34-45)48-17-4-5-18-56(48)62-57/h2,4-36H,1,3H2. The molecule has 63 heavy (non-hydrogen) atoms. The quantitative estimate of drug-likeness (QED) is 0.168. The van der Waals surface area contributed by atoms with Crippen molar-refractivity contribution in [2.75, 3.05) is 0 Å². The van der Waals surface area contributed by atoms with E-state index in [0.717, 1.165) is 67.8 Å². The zero-order valence-corrected chi connectivity index (χ0v) is 34.3. The molecule has 13 rings (SSSR count). The van der Waals surface area contributed by atoms with Crippen LogP contribution < -0.4 is 0 Å². The van der Waals surface area contributed by atoms with Gasteiger partial charge in [0.15, 0.2) is 5.58 Å². The van der Waals surface area contributed by atoms with Crippen molar-refractivity contribution >= 4 is 71.4 Å². The van der Waals surface area contributed by atoms with Gasteiger partial charge < -0.3 is 13.4 Å². The van der Waals surface area contributed by atoms with E-state index in [1.165, 1.54) is 72.0 Å². The van der Waals surface area contributed by atoms with Crippen LogP contribution in [0, 0.1) is 0 Å². The maximum absolute atomic E-state index is 6.14. The number of furan rings is 2. The Morgan fingerprint density at radius 2 is 0.825 bits per heavy atom. The Bertz CT molecular complexity index is 3870. The SMILES string of the molecule is C1=CC(n2c3ccc(-c4cccc(-c5cccc(-c6ccc7oc8cnccc8c7c6)c5)c4)cc3c3cc(-c4cccc(-c5ccc6oc7ccccc7c6c5)c4)ccc32)=CCC1. The molecule has 296 valence electrons. The molecule has 0 saturated heterocycles. The summed E-state index contributed by atoms with van der Waals surface area (Å²) >= 11 is 0. The zero-order valence-electron chi connectivity index (χ0n) is 34.3. The summed E-state index contributed by atoms with van der Waals surface area (Å²) in [6.07, 6.45) is 12.7. The largest absolute Gasteiger partial charge is 0.456 e.